The van der Waals surface area contributed by atoms with E-state index in [0.717, 1.165) is 18.5 Å². The van der Waals surface area contributed by atoms with Crippen molar-refractivity contribution in [2.75, 3.05) is 5.32 Å². The van der Waals surface area contributed by atoms with Crippen molar-refractivity contribution in [3.63, 3.8) is 0 Å². The molecular weight excluding hydrogens is 363 g/mol. The maximum Gasteiger partial charge on any atom is 0.293 e. The van der Waals surface area contributed by atoms with Gasteiger partial charge in [0, 0.05) is 10.7 Å². The second-order valence-electron chi connectivity index (χ2n) is 3.92. The van der Waals surface area contributed by atoms with Crippen molar-refractivity contribution < 1.29 is 17.6 Å². The first-order valence-corrected chi connectivity index (χ1v) is 8.42. The summed E-state index contributed by atoms with van der Waals surface area (Å²) in [6.45, 7) is 1.59. The molecular formula is C11H7Cl3N2O4S. The van der Waals surface area contributed by atoms with E-state index < -0.39 is 15.0 Å². The molecule has 1 heterocycles. The monoisotopic (exact) mass is 368 g/mol. The Bertz CT molecular complexity index is 794. The molecule has 0 atom stereocenters. The number of hydrogen-bond acceptors (Lipinski definition) is 5. The van der Waals surface area contributed by atoms with Crippen molar-refractivity contribution >= 4 is 54.5 Å². The number of nitrogens with one attached hydrogen (secondary N) is 1. The zero-order valence-electron chi connectivity index (χ0n) is 10.4. The summed E-state index contributed by atoms with van der Waals surface area (Å²) in [4.78, 5) is 15.5. The fourth-order valence-corrected chi connectivity index (χ4v) is 3.00. The van der Waals surface area contributed by atoms with Crippen LogP contribution in [-0.2, 0) is 9.05 Å². The molecule has 0 unspecified atom stereocenters. The van der Waals surface area contributed by atoms with E-state index in [2.05, 4.69) is 10.3 Å². The molecule has 1 aromatic heterocycles. The molecule has 0 bridgehead atoms. The zero-order chi connectivity index (χ0) is 15.8. The number of nitrogens with zero attached hydrogens (tertiary/aromatic N) is 1. The lowest BCUT2D eigenvalue weighted by molar-refractivity contribution is 0.0996. The van der Waals surface area contributed by atoms with Crippen molar-refractivity contribution in [1.82, 2.24) is 4.98 Å². The Morgan fingerprint density at radius 1 is 1.29 bits per heavy atom. The summed E-state index contributed by atoms with van der Waals surface area (Å²) in [5, 5.41) is 2.27. The van der Waals surface area contributed by atoms with E-state index in [0.29, 0.717) is 5.69 Å². The van der Waals surface area contributed by atoms with Crippen LogP contribution in [0.3, 0.4) is 0 Å². The molecule has 0 aliphatic carbocycles. The summed E-state index contributed by atoms with van der Waals surface area (Å²) in [5.74, 6) is -0.619. The minimum Gasteiger partial charge on any atom is -0.438 e. The van der Waals surface area contributed by atoms with Crippen molar-refractivity contribution in [2.24, 2.45) is 0 Å². The molecule has 2 rings (SSSR count). The molecule has 21 heavy (non-hydrogen) atoms. The number of rotatable bonds is 3. The van der Waals surface area contributed by atoms with Gasteiger partial charge < -0.3 is 9.73 Å². The summed E-state index contributed by atoms with van der Waals surface area (Å²) in [6.07, 6.45) is 1.12. The molecule has 6 nitrogen and oxygen atoms in total. The molecule has 0 fully saturated rings. The Balaban J connectivity index is 2.38. The van der Waals surface area contributed by atoms with Gasteiger partial charge in [-0.2, -0.15) is 0 Å². The summed E-state index contributed by atoms with van der Waals surface area (Å²) in [7, 11) is 1.23. The third-order valence-electron chi connectivity index (χ3n) is 2.49. The third-order valence-corrected chi connectivity index (χ3v) is 4.42. The van der Waals surface area contributed by atoms with Crippen LogP contribution in [0.5, 0.6) is 0 Å². The molecule has 0 spiro atoms. The van der Waals surface area contributed by atoms with E-state index in [-0.39, 0.29) is 26.4 Å². The predicted octanol–water partition coefficient (Wildman–Crippen LogP) is 3.47. The number of aryl methyl sites for hydroxylation is 1. The summed E-state index contributed by atoms with van der Waals surface area (Å²) in [5.41, 5.74) is 0.433. The first kappa shape index (κ1) is 16.1. The fourth-order valence-electron chi connectivity index (χ4n) is 1.50. The first-order valence-electron chi connectivity index (χ1n) is 5.35. The van der Waals surface area contributed by atoms with Crippen LogP contribution in [0, 0.1) is 6.92 Å². The van der Waals surface area contributed by atoms with Gasteiger partial charge in [-0.1, -0.05) is 23.2 Å². The van der Waals surface area contributed by atoms with Gasteiger partial charge in [0.2, 0.25) is 5.76 Å². The highest BCUT2D eigenvalue weighted by Crippen LogP contribution is 2.34. The lowest BCUT2D eigenvalue weighted by Gasteiger charge is -2.09. The molecule has 112 valence electrons. The Kier molecular flexibility index (Phi) is 4.48. The number of hydrogen-bond donors (Lipinski definition) is 1. The molecule has 10 heteroatoms. The van der Waals surface area contributed by atoms with E-state index in [4.69, 9.17) is 38.3 Å². The van der Waals surface area contributed by atoms with Crippen LogP contribution >= 0.6 is 33.9 Å². The molecule has 0 saturated carbocycles. The largest absolute Gasteiger partial charge is 0.438 e. The number of carbonyl (C=O) groups excluding carboxylic acids is 1. The van der Waals surface area contributed by atoms with E-state index in [1.807, 2.05) is 0 Å². The molecule has 1 amide bonds. The predicted molar refractivity (Wildman–Crippen MR) is 78.7 cm³/mol. The van der Waals surface area contributed by atoms with Gasteiger partial charge >= 0.3 is 0 Å². The van der Waals surface area contributed by atoms with E-state index in [1.165, 1.54) is 0 Å². The lowest BCUT2D eigenvalue weighted by Crippen LogP contribution is -2.13. The lowest BCUT2D eigenvalue weighted by atomic mass is 10.3. The molecule has 0 radical (unpaired) electrons. The third kappa shape index (κ3) is 3.49. The van der Waals surface area contributed by atoms with Crippen LogP contribution in [0.2, 0.25) is 10.0 Å². The van der Waals surface area contributed by atoms with Gasteiger partial charge in [-0.15, -0.1) is 0 Å². The summed E-state index contributed by atoms with van der Waals surface area (Å²) < 4.78 is 27.4. The maximum absolute atomic E-state index is 12.0. The summed E-state index contributed by atoms with van der Waals surface area (Å²) in [6, 6.07) is 2.16. The highest BCUT2D eigenvalue weighted by molar-refractivity contribution is 8.13. The quantitative estimate of drug-likeness (QED) is 0.837. The summed E-state index contributed by atoms with van der Waals surface area (Å²) >= 11 is 11.8. The number of anilines is 1. The average molecular weight is 370 g/mol. The van der Waals surface area contributed by atoms with Gasteiger partial charge in [0.05, 0.1) is 26.3 Å². The van der Waals surface area contributed by atoms with Crippen molar-refractivity contribution in [3.05, 3.63) is 40.0 Å². The van der Waals surface area contributed by atoms with Crippen molar-refractivity contribution in [1.29, 1.82) is 0 Å². The number of benzene rings is 1. The smallest absolute Gasteiger partial charge is 0.293 e. The molecule has 1 aromatic carbocycles. The highest BCUT2D eigenvalue weighted by Gasteiger charge is 2.20. The van der Waals surface area contributed by atoms with Gasteiger partial charge in [-0.05, 0) is 19.1 Å². The Morgan fingerprint density at radius 2 is 1.86 bits per heavy atom. The molecule has 0 saturated heterocycles. The van der Waals surface area contributed by atoms with Gasteiger partial charge in [-0.3, -0.25) is 4.79 Å². The fraction of sp³-hybridized carbons (Fsp3) is 0.0909. The van der Waals surface area contributed by atoms with E-state index in [1.54, 1.807) is 6.92 Å². The van der Waals surface area contributed by atoms with Crippen LogP contribution in [0.1, 0.15) is 16.2 Å². The van der Waals surface area contributed by atoms with Crippen LogP contribution in [0.15, 0.2) is 27.8 Å². The van der Waals surface area contributed by atoms with E-state index >= 15 is 0 Å². The standard InChI is InChI=1S/C11H7Cl3N2O4S/c1-5-10(20-4-15-5)11(17)16-9-7(12)2-6(3-8(9)13)21(14,18)19/h2-4H,1H3,(H,16,17). The van der Waals surface area contributed by atoms with Crippen LogP contribution in [0.4, 0.5) is 5.69 Å². The van der Waals surface area contributed by atoms with E-state index in [9.17, 15) is 13.2 Å². The molecule has 0 aliphatic heterocycles. The normalized spacial score (nSPS) is 11.4. The first-order chi connectivity index (χ1) is 9.70. The van der Waals surface area contributed by atoms with Gasteiger partial charge in [0.1, 0.15) is 0 Å². The SMILES string of the molecule is Cc1ncoc1C(=O)Nc1c(Cl)cc(S(=O)(=O)Cl)cc1Cl. The van der Waals surface area contributed by atoms with Gasteiger partial charge in [0.25, 0.3) is 15.0 Å². The Hall–Kier alpha value is -1.28. The molecule has 0 aliphatic rings. The van der Waals surface area contributed by atoms with Crippen molar-refractivity contribution in [2.45, 2.75) is 11.8 Å². The number of halogens is 3. The second kappa shape index (κ2) is 5.84. The number of carbonyl (C=O) groups is 1. The Morgan fingerprint density at radius 3 is 2.29 bits per heavy atom. The molecule has 2 aromatic rings. The van der Waals surface area contributed by atoms with Crippen LogP contribution < -0.4 is 5.32 Å². The number of amides is 1. The minimum absolute atomic E-state index is 0.00354. The van der Waals surface area contributed by atoms with Crippen LogP contribution in [-0.4, -0.2) is 19.3 Å². The van der Waals surface area contributed by atoms with Crippen LogP contribution in [0.25, 0.3) is 0 Å². The molecule has 1 N–H and O–H groups in total. The maximum atomic E-state index is 12.0. The highest BCUT2D eigenvalue weighted by atomic mass is 35.7. The second-order valence-corrected chi connectivity index (χ2v) is 7.30. The minimum atomic E-state index is -3.98. The number of oxazole rings is 1. The zero-order valence-corrected chi connectivity index (χ0v) is 13.4. The Labute approximate surface area is 134 Å². The number of aromatic nitrogens is 1. The average Bonchev–Trinajstić information content (AvgIpc) is 2.78. The van der Waals surface area contributed by atoms with Gasteiger partial charge in [0.15, 0.2) is 6.39 Å². The van der Waals surface area contributed by atoms with Gasteiger partial charge in [-0.25, -0.2) is 13.4 Å². The topological polar surface area (TPSA) is 89.3 Å². The van der Waals surface area contributed by atoms with Crippen molar-refractivity contribution in [3.8, 4) is 0 Å².